The van der Waals surface area contributed by atoms with Gasteiger partial charge in [-0.25, -0.2) is 0 Å². The SMILES string of the molecule is CCCn1ncc(Br)c1C(CCOCC(F)(F)F)NN. The van der Waals surface area contributed by atoms with Crippen LogP contribution in [0.5, 0.6) is 0 Å². The third-order valence-corrected chi connectivity index (χ3v) is 3.23. The van der Waals surface area contributed by atoms with Gasteiger partial charge in [-0.05, 0) is 28.8 Å². The van der Waals surface area contributed by atoms with E-state index in [2.05, 4.69) is 31.2 Å². The topological polar surface area (TPSA) is 65.1 Å². The molecule has 0 saturated carbocycles. The highest BCUT2D eigenvalue weighted by Gasteiger charge is 2.27. The number of hydrazine groups is 1. The predicted octanol–water partition coefficient (Wildman–Crippen LogP) is 2.53. The van der Waals surface area contributed by atoms with Crippen LogP contribution in [-0.2, 0) is 11.3 Å². The number of hydrogen-bond acceptors (Lipinski definition) is 4. The van der Waals surface area contributed by atoms with Crippen molar-refractivity contribution in [2.24, 2.45) is 5.84 Å². The van der Waals surface area contributed by atoms with Crippen LogP contribution in [-0.4, -0.2) is 29.2 Å². The number of aryl methyl sites for hydroxylation is 1. The van der Waals surface area contributed by atoms with Gasteiger partial charge in [-0.2, -0.15) is 18.3 Å². The molecular weight excluding hydrogens is 341 g/mol. The third-order valence-electron chi connectivity index (χ3n) is 2.62. The van der Waals surface area contributed by atoms with Crippen molar-refractivity contribution >= 4 is 15.9 Å². The van der Waals surface area contributed by atoms with Crippen molar-refractivity contribution in [3.63, 3.8) is 0 Å². The highest BCUT2D eigenvalue weighted by Crippen LogP contribution is 2.25. The molecule has 20 heavy (non-hydrogen) atoms. The first-order valence-electron chi connectivity index (χ1n) is 6.20. The molecule has 1 heterocycles. The summed E-state index contributed by atoms with van der Waals surface area (Å²) in [4.78, 5) is 0. The Morgan fingerprint density at radius 1 is 1.55 bits per heavy atom. The van der Waals surface area contributed by atoms with E-state index in [1.807, 2.05) is 6.92 Å². The fourth-order valence-corrected chi connectivity index (χ4v) is 2.37. The van der Waals surface area contributed by atoms with Gasteiger partial charge in [-0.15, -0.1) is 0 Å². The van der Waals surface area contributed by atoms with Crippen molar-refractivity contribution in [1.29, 1.82) is 0 Å². The molecule has 3 N–H and O–H groups in total. The molecular formula is C11H18BrF3N4O. The monoisotopic (exact) mass is 358 g/mol. The Balaban J connectivity index is 2.60. The summed E-state index contributed by atoms with van der Waals surface area (Å²) in [5.74, 6) is 5.48. The molecule has 0 aromatic carbocycles. The van der Waals surface area contributed by atoms with Gasteiger partial charge in [-0.3, -0.25) is 16.0 Å². The van der Waals surface area contributed by atoms with E-state index in [9.17, 15) is 13.2 Å². The first-order valence-corrected chi connectivity index (χ1v) is 7.00. The average Bonchev–Trinajstić information content (AvgIpc) is 2.71. The van der Waals surface area contributed by atoms with Crippen LogP contribution in [0.4, 0.5) is 13.2 Å². The van der Waals surface area contributed by atoms with Gasteiger partial charge in [0.1, 0.15) is 6.61 Å². The number of nitrogens with one attached hydrogen (secondary N) is 1. The molecule has 0 amide bonds. The van der Waals surface area contributed by atoms with E-state index in [0.717, 1.165) is 16.6 Å². The zero-order valence-corrected chi connectivity index (χ0v) is 12.7. The highest BCUT2D eigenvalue weighted by molar-refractivity contribution is 9.10. The Labute approximate surface area is 123 Å². The van der Waals surface area contributed by atoms with E-state index in [4.69, 9.17) is 5.84 Å². The van der Waals surface area contributed by atoms with Crippen molar-refractivity contribution in [1.82, 2.24) is 15.2 Å². The van der Waals surface area contributed by atoms with E-state index in [-0.39, 0.29) is 12.6 Å². The summed E-state index contributed by atoms with van der Waals surface area (Å²) in [6.07, 6.45) is -1.45. The molecule has 0 saturated heterocycles. The molecule has 1 rings (SSSR count). The Morgan fingerprint density at radius 2 is 2.25 bits per heavy atom. The summed E-state index contributed by atoms with van der Waals surface area (Å²) in [7, 11) is 0. The van der Waals surface area contributed by atoms with Crippen LogP contribution in [0.25, 0.3) is 0 Å². The van der Waals surface area contributed by atoms with Gasteiger partial charge in [0.15, 0.2) is 0 Å². The quantitative estimate of drug-likeness (QED) is 0.425. The van der Waals surface area contributed by atoms with Crippen LogP contribution in [0.3, 0.4) is 0 Å². The third kappa shape index (κ3) is 5.39. The van der Waals surface area contributed by atoms with Gasteiger partial charge >= 0.3 is 6.18 Å². The molecule has 0 fully saturated rings. The van der Waals surface area contributed by atoms with Crippen molar-refractivity contribution in [2.45, 2.75) is 38.5 Å². The lowest BCUT2D eigenvalue weighted by atomic mass is 10.1. The standard InChI is InChI=1S/C11H18BrF3N4O/c1-2-4-19-10(8(12)6-17-19)9(18-16)3-5-20-7-11(13,14)15/h6,9,18H,2-5,7,16H2,1H3. The Morgan fingerprint density at radius 3 is 2.80 bits per heavy atom. The Bertz CT molecular complexity index is 411. The first-order chi connectivity index (χ1) is 9.39. The summed E-state index contributed by atoms with van der Waals surface area (Å²) in [5.41, 5.74) is 3.40. The predicted molar refractivity (Wildman–Crippen MR) is 71.8 cm³/mol. The van der Waals surface area contributed by atoms with E-state index in [1.54, 1.807) is 10.9 Å². The van der Waals surface area contributed by atoms with Crippen molar-refractivity contribution < 1.29 is 17.9 Å². The zero-order chi connectivity index (χ0) is 15.2. The molecule has 5 nitrogen and oxygen atoms in total. The van der Waals surface area contributed by atoms with Gasteiger partial charge in [0.25, 0.3) is 0 Å². The minimum atomic E-state index is -4.31. The van der Waals surface area contributed by atoms with Crippen LogP contribution in [0.1, 0.15) is 31.5 Å². The lowest BCUT2D eigenvalue weighted by molar-refractivity contribution is -0.174. The molecule has 0 aliphatic heterocycles. The zero-order valence-electron chi connectivity index (χ0n) is 11.1. The number of alkyl halides is 3. The van der Waals surface area contributed by atoms with Gasteiger partial charge < -0.3 is 4.74 Å². The number of hydrogen-bond donors (Lipinski definition) is 2. The first kappa shape index (κ1) is 17.4. The van der Waals surface area contributed by atoms with E-state index < -0.39 is 12.8 Å². The summed E-state index contributed by atoms with van der Waals surface area (Å²) in [5, 5.41) is 4.20. The molecule has 9 heteroatoms. The summed E-state index contributed by atoms with van der Waals surface area (Å²) >= 11 is 3.37. The number of nitrogens with two attached hydrogens (primary N) is 1. The van der Waals surface area contributed by atoms with Gasteiger partial charge in [0, 0.05) is 13.2 Å². The van der Waals surface area contributed by atoms with Crippen LogP contribution in [0, 0.1) is 0 Å². The molecule has 1 aromatic heterocycles. The Hall–Kier alpha value is -0.640. The van der Waals surface area contributed by atoms with Crippen LogP contribution in [0.2, 0.25) is 0 Å². The minimum absolute atomic E-state index is 0.0435. The number of ether oxygens (including phenoxy) is 1. The summed E-state index contributed by atoms with van der Waals surface area (Å²) < 4.78 is 43.1. The van der Waals surface area contributed by atoms with Gasteiger partial charge in [-0.1, -0.05) is 6.92 Å². The molecule has 1 atom stereocenters. The summed E-state index contributed by atoms with van der Waals surface area (Å²) in [6.45, 7) is 1.43. The maximum atomic E-state index is 12.0. The molecule has 1 aromatic rings. The molecule has 0 aliphatic carbocycles. The van der Waals surface area contributed by atoms with Gasteiger partial charge in [0.2, 0.25) is 0 Å². The lowest BCUT2D eigenvalue weighted by Crippen LogP contribution is -2.31. The van der Waals surface area contributed by atoms with Crippen LogP contribution < -0.4 is 11.3 Å². The molecule has 0 bridgehead atoms. The van der Waals surface area contributed by atoms with Crippen molar-refractivity contribution in [2.75, 3.05) is 13.2 Å². The molecule has 116 valence electrons. The number of rotatable bonds is 8. The lowest BCUT2D eigenvalue weighted by Gasteiger charge is -2.18. The fourth-order valence-electron chi connectivity index (χ4n) is 1.80. The number of halogens is 4. The van der Waals surface area contributed by atoms with Crippen LogP contribution in [0.15, 0.2) is 10.7 Å². The summed E-state index contributed by atoms with van der Waals surface area (Å²) in [6, 6.07) is -0.327. The Kier molecular flexibility index (Phi) is 6.93. The smallest absolute Gasteiger partial charge is 0.372 e. The van der Waals surface area contributed by atoms with E-state index >= 15 is 0 Å². The van der Waals surface area contributed by atoms with Crippen LogP contribution >= 0.6 is 15.9 Å². The molecule has 0 aliphatic rings. The minimum Gasteiger partial charge on any atom is -0.372 e. The molecule has 1 unspecified atom stereocenters. The normalized spacial score (nSPS) is 13.7. The maximum absolute atomic E-state index is 12.0. The number of nitrogens with zero attached hydrogens (tertiary/aromatic N) is 2. The second kappa shape index (κ2) is 7.96. The maximum Gasteiger partial charge on any atom is 0.411 e. The number of aromatic nitrogens is 2. The van der Waals surface area contributed by atoms with Gasteiger partial charge in [0.05, 0.1) is 22.4 Å². The second-order valence-electron chi connectivity index (χ2n) is 4.28. The highest BCUT2D eigenvalue weighted by atomic mass is 79.9. The molecule has 0 spiro atoms. The van der Waals surface area contributed by atoms with Crippen molar-refractivity contribution in [3.8, 4) is 0 Å². The van der Waals surface area contributed by atoms with Crippen molar-refractivity contribution in [3.05, 3.63) is 16.4 Å². The largest absolute Gasteiger partial charge is 0.411 e. The average molecular weight is 359 g/mol. The van der Waals surface area contributed by atoms with E-state index in [0.29, 0.717) is 13.0 Å². The second-order valence-corrected chi connectivity index (χ2v) is 5.13. The van der Waals surface area contributed by atoms with E-state index in [1.165, 1.54) is 0 Å². The fraction of sp³-hybridized carbons (Fsp3) is 0.727. The molecule has 0 radical (unpaired) electrons.